The molecule has 0 radical (unpaired) electrons. The molecule has 0 aromatic heterocycles. The van der Waals surface area contributed by atoms with Crippen molar-refractivity contribution >= 4 is 0 Å². The number of hydrogen-bond donors (Lipinski definition) is 1. The van der Waals surface area contributed by atoms with E-state index in [0.29, 0.717) is 13.2 Å². The van der Waals surface area contributed by atoms with Gasteiger partial charge >= 0.3 is 0 Å². The molecule has 1 saturated heterocycles. The third-order valence-corrected chi connectivity index (χ3v) is 1.77. The average molecular weight is 169 g/mol. The van der Waals surface area contributed by atoms with Gasteiger partial charge in [-0.1, -0.05) is 12.8 Å². The van der Waals surface area contributed by atoms with Crippen LogP contribution in [0.15, 0.2) is 0 Å². The van der Waals surface area contributed by atoms with E-state index in [1.54, 1.807) is 0 Å². The predicted molar refractivity (Wildman–Crippen MR) is 46.6 cm³/mol. The Morgan fingerprint density at radius 1 is 1.58 bits per heavy atom. The van der Waals surface area contributed by atoms with Crippen LogP contribution in [-0.4, -0.2) is 32.1 Å². The van der Waals surface area contributed by atoms with Crippen LogP contribution in [0.2, 0.25) is 0 Å². The van der Waals surface area contributed by atoms with Gasteiger partial charge < -0.3 is 14.8 Å². The quantitative estimate of drug-likeness (QED) is 0.616. The minimum atomic E-state index is -0.106. The van der Waals surface area contributed by atoms with Crippen molar-refractivity contribution in [3.05, 3.63) is 0 Å². The summed E-state index contributed by atoms with van der Waals surface area (Å²) >= 11 is 0. The van der Waals surface area contributed by atoms with Gasteiger partial charge in [-0.05, 0) is 6.54 Å². The summed E-state index contributed by atoms with van der Waals surface area (Å²) in [5.41, 5.74) is 0. The van der Waals surface area contributed by atoms with E-state index in [9.17, 15) is 0 Å². The fraction of sp³-hybridized carbons (Fsp3) is 0.778. The minimum Gasteiger partial charge on any atom is -0.350 e. The van der Waals surface area contributed by atoms with E-state index < -0.39 is 0 Å². The van der Waals surface area contributed by atoms with Gasteiger partial charge in [-0.3, -0.25) is 0 Å². The van der Waals surface area contributed by atoms with Crippen LogP contribution in [0.5, 0.6) is 0 Å². The first kappa shape index (κ1) is 9.53. The van der Waals surface area contributed by atoms with Crippen LogP contribution >= 0.6 is 0 Å². The Labute approximate surface area is 73.4 Å². The molecule has 0 aliphatic carbocycles. The molecule has 1 unspecified atom stereocenters. The van der Waals surface area contributed by atoms with Crippen LogP contribution in [0.25, 0.3) is 0 Å². The van der Waals surface area contributed by atoms with Crippen molar-refractivity contribution in [2.45, 2.75) is 25.7 Å². The van der Waals surface area contributed by atoms with Gasteiger partial charge in [-0.2, -0.15) is 0 Å². The second-order valence-electron chi connectivity index (χ2n) is 2.68. The molecule has 1 aliphatic rings. The summed E-state index contributed by atoms with van der Waals surface area (Å²) in [4.78, 5) is 0. The number of hydrogen-bond acceptors (Lipinski definition) is 3. The number of terminal acetylenes is 1. The molecule has 1 N–H and O–H groups in total. The van der Waals surface area contributed by atoms with E-state index >= 15 is 0 Å². The van der Waals surface area contributed by atoms with Gasteiger partial charge in [0.15, 0.2) is 6.29 Å². The Morgan fingerprint density at radius 2 is 2.25 bits per heavy atom. The van der Waals surface area contributed by atoms with E-state index in [1.165, 1.54) is 0 Å². The third kappa shape index (κ3) is 2.82. The van der Waals surface area contributed by atoms with E-state index in [2.05, 4.69) is 11.2 Å². The van der Waals surface area contributed by atoms with Gasteiger partial charge in [0.2, 0.25) is 0 Å². The lowest BCUT2D eigenvalue weighted by Crippen LogP contribution is -2.31. The molecule has 3 heteroatoms. The summed E-state index contributed by atoms with van der Waals surface area (Å²) in [6, 6.07) is 0.0677. The Bertz CT molecular complexity index is 158. The molecule has 1 heterocycles. The largest absolute Gasteiger partial charge is 0.350 e. The third-order valence-electron chi connectivity index (χ3n) is 1.77. The van der Waals surface area contributed by atoms with Crippen LogP contribution in [0.1, 0.15) is 13.3 Å². The van der Waals surface area contributed by atoms with Crippen LogP contribution in [0.3, 0.4) is 0 Å². The lowest BCUT2D eigenvalue weighted by molar-refractivity contribution is -0.0493. The maximum Gasteiger partial charge on any atom is 0.160 e. The number of ether oxygens (including phenoxy) is 2. The smallest absolute Gasteiger partial charge is 0.160 e. The highest BCUT2D eigenvalue weighted by atomic mass is 16.7. The summed E-state index contributed by atoms with van der Waals surface area (Å²) in [5.74, 6) is 2.66. The molecule has 0 bridgehead atoms. The fourth-order valence-corrected chi connectivity index (χ4v) is 1.19. The standard InChI is InChI=1S/C9H15NO2/c1-3-8(10-4-2)7-9-11-5-6-12-9/h1,8-10H,4-7H2,2H3. The summed E-state index contributed by atoms with van der Waals surface area (Å²) in [5, 5.41) is 3.16. The summed E-state index contributed by atoms with van der Waals surface area (Å²) in [6.45, 7) is 4.28. The number of nitrogens with one attached hydrogen (secondary N) is 1. The number of rotatable bonds is 4. The van der Waals surface area contributed by atoms with E-state index in [0.717, 1.165) is 13.0 Å². The molecule has 3 nitrogen and oxygen atoms in total. The molecule has 0 spiro atoms. The van der Waals surface area contributed by atoms with Gasteiger partial charge in [0.25, 0.3) is 0 Å². The fourth-order valence-electron chi connectivity index (χ4n) is 1.19. The Hall–Kier alpha value is -0.560. The Morgan fingerprint density at radius 3 is 2.75 bits per heavy atom. The lowest BCUT2D eigenvalue weighted by Gasteiger charge is -2.14. The summed E-state index contributed by atoms with van der Waals surface area (Å²) in [6.07, 6.45) is 5.95. The molecule has 0 amide bonds. The van der Waals surface area contributed by atoms with E-state index in [1.807, 2.05) is 6.92 Å². The SMILES string of the molecule is C#CC(CC1OCCO1)NCC. The van der Waals surface area contributed by atoms with Crippen molar-refractivity contribution in [1.82, 2.24) is 5.32 Å². The van der Waals surface area contributed by atoms with Gasteiger partial charge in [0.1, 0.15) is 0 Å². The highest BCUT2D eigenvalue weighted by molar-refractivity contribution is 4.99. The zero-order valence-corrected chi connectivity index (χ0v) is 7.38. The monoisotopic (exact) mass is 169 g/mol. The summed E-state index contributed by atoms with van der Waals surface area (Å²) in [7, 11) is 0. The first-order chi connectivity index (χ1) is 5.86. The topological polar surface area (TPSA) is 30.5 Å². The molecule has 1 rings (SSSR count). The predicted octanol–water partition coefficient (Wildman–Crippen LogP) is 0.361. The van der Waals surface area contributed by atoms with E-state index in [4.69, 9.17) is 15.9 Å². The molecule has 1 aliphatic heterocycles. The molecule has 68 valence electrons. The normalized spacial score (nSPS) is 20.7. The highest BCUT2D eigenvalue weighted by Crippen LogP contribution is 2.09. The van der Waals surface area contributed by atoms with Gasteiger partial charge in [-0.25, -0.2) is 0 Å². The van der Waals surface area contributed by atoms with Crippen molar-refractivity contribution in [3.8, 4) is 12.3 Å². The maximum absolute atomic E-state index is 5.31. The molecule has 1 fully saturated rings. The molecular weight excluding hydrogens is 154 g/mol. The van der Waals surface area contributed by atoms with Gasteiger partial charge in [0, 0.05) is 6.42 Å². The second kappa shape index (κ2) is 5.15. The maximum atomic E-state index is 5.31. The molecular formula is C9H15NO2. The first-order valence-corrected chi connectivity index (χ1v) is 4.29. The first-order valence-electron chi connectivity index (χ1n) is 4.29. The minimum absolute atomic E-state index is 0.0677. The Balaban J connectivity index is 2.22. The van der Waals surface area contributed by atoms with Crippen molar-refractivity contribution in [1.29, 1.82) is 0 Å². The van der Waals surface area contributed by atoms with E-state index in [-0.39, 0.29) is 12.3 Å². The zero-order valence-electron chi connectivity index (χ0n) is 7.38. The lowest BCUT2D eigenvalue weighted by atomic mass is 10.2. The van der Waals surface area contributed by atoms with Gasteiger partial charge in [0.05, 0.1) is 19.3 Å². The van der Waals surface area contributed by atoms with Crippen LogP contribution in [-0.2, 0) is 9.47 Å². The van der Waals surface area contributed by atoms with Crippen molar-refractivity contribution in [3.63, 3.8) is 0 Å². The van der Waals surface area contributed by atoms with Crippen molar-refractivity contribution < 1.29 is 9.47 Å². The second-order valence-corrected chi connectivity index (χ2v) is 2.68. The zero-order chi connectivity index (χ0) is 8.81. The van der Waals surface area contributed by atoms with Crippen LogP contribution < -0.4 is 5.32 Å². The Kier molecular flexibility index (Phi) is 4.09. The molecule has 1 atom stereocenters. The average Bonchev–Trinajstić information content (AvgIpc) is 2.56. The molecule has 12 heavy (non-hydrogen) atoms. The highest BCUT2D eigenvalue weighted by Gasteiger charge is 2.19. The molecule has 0 aromatic rings. The molecule has 0 aromatic carbocycles. The molecule has 0 saturated carbocycles. The summed E-state index contributed by atoms with van der Waals surface area (Å²) < 4.78 is 10.5. The van der Waals surface area contributed by atoms with Crippen molar-refractivity contribution in [2.75, 3.05) is 19.8 Å². The van der Waals surface area contributed by atoms with Crippen LogP contribution in [0.4, 0.5) is 0 Å². The van der Waals surface area contributed by atoms with Crippen molar-refractivity contribution in [2.24, 2.45) is 0 Å². The van der Waals surface area contributed by atoms with Crippen LogP contribution in [0, 0.1) is 12.3 Å². The van der Waals surface area contributed by atoms with Gasteiger partial charge in [-0.15, -0.1) is 6.42 Å².